The fraction of sp³-hybridized carbons (Fsp3) is 0.133. The van der Waals surface area contributed by atoms with Gasteiger partial charge in [-0.3, -0.25) is 0 Å². The third kappa shape index (κ3) is 3.17. The first-order chi connectivity index (χ1) is 9.22. The topological polar surface area (TPSA) is 68.3 Å². The number of nitrogen functional groups attached to an aromatic ring is 1. The molecule has 0 atom stereocenters. The molecule has 0 radical (unpaired) electrons. The Morgan fingerprint density at radius 2 is 2.05 bits per heavy atom. The summed E-state index contributed by atoms with van der Waals surface area (Å²) in [5.41, 5.74) is 7.91. The summed E-state index contributed by atoms with van der Waals surface area (Å²) in [6, 6.07) is 14.6. The Bertz CT molecular complexity index is 618. The second-order valence-electron chi connectivity index (χ2n) is 4.00. The zero-order valence-electron chi connectivity index (χ0n) is 10.6. The molecule has 2 aromatic carbocycles. The molecule has 0 saturated heterocycles. The molecule has 19 heavy (non-hydrogen) atoms. The Kier molecular flexibility index (Phi) is 3.89. The van der Waals surface area contributed by atoms with Crippen LogP contribution in [0.15, 0.2) is 42.5 Å². The Hall–Kier alpha value is -2.67. The molecular weight excluding hydrogens is 240 g/mol. The first-order valence-corrected chi connectivity index (χ1v) is 5.78. The number of ether oxygens (including phenoxy) is 2. The van der Waals surface area contributed by atoms with Crippen LogP contribution in [0, 0.1) is 11.3 Å². The molecule has 0 amide bonds. The minimum Gasteiger partial charge on any atom is -0.497 e. The lowest BCUT2D eigenvalue weighted by molar-refractivity contribution is 0.305. The molecule has 0 fully saturated rings. The number of hydrogen-bond acceptors (Lipinski definition) is 4. The number of methoxy groups -OCH3 is 1. The zero-order valence-corrected chi connectivity index (χ0v) is 10.6. The van der Waals surface area contributed by atoms with E-state index in [-0.39, 0.29) is 0 Å². The van der Waals surface area contributed by atoms with Gasteiger partial charge in [-0.1, -0.05) is 12.1 Å². The van der Waals surface area contributed by atoms with Crippen molar-refractivity contribution in [3.05, 3.63) is 53.6 Å². The van der Waals surface area contributed by atoms with Crippen LogP contribution in [-0.4, -0.2) is 7.11 Å². The molecule has 2 N–H and O–H groups in total. The fourth-order valence-electron chi connectivity index (χ4n) is 1.66. The van der Waals surface area contributed by atoms with Crippen molar-refractivity contribution < 1.29 is 9.47 Å². The molecule has 0 aliphatic carbocycles. The van der Waals surface area contributed by atoms with Crippen LogP contribution in [0.5, 0.6) is 11.5 Å². The SMILES string of the molecule is COc1ccc(N)c(OCc2cccc(C#N)c2)c1. The molecule has 96 valence electrons. The van der Waals surface area contributed by atoms with E-state index in [0.717, 1.165) is 5.56 Å². The van der Waals surface area contributed by atoms with Crippen LogP contribution in [-0.2, 0) is 6.61 Å². The van der Waals surface area contributed by atoms with E-state index in [2.05, 4.69) is 6.07 Å². The number of benzene rings is 2. The smallest absolute Gasteiger partial charge is 0.146 e. The highest BCUT2D eigenvalue weighted by atomic mass is 16.5. The maximum atomic E-state index is 8.83. The summed E-state index contributed by atoms with van der Waals surface area (Å²) in [5, 5.41) is 8.83. The van der Waals surface area contributed by atoms with E-state index in [1.807, 2.05) is 12.1 Å². The van der Waals surface area contributed by atoms with Gasteiger partial charge in [0, 0.05) is 6.07 Å². The first-order valence-electron chi connectivity index (χ1n) is 5.78. The van der Waals surface area contributed by atoms with Crippen molar-refractivity contribution in [2.45, 2.75) is 6.61 Å². The standard InChI is InChI=1S/C15H14N2O2/c1-18-13-5-6-14(17)15(8-13)19-10-12-4-2-3-11(7-12)9-16/h2-8H,10,17H2,1H3. The molecular formula is C15H14N2O2. The lowest BCUT2D eigenvalue weighted by Gasteiger charge is -2.10. The molecule has 0 aliphatic rings. The highest BCUT2D eigenvalue weighted by Crippen LogP contribution is 2.27. The summed E-state index contributed by atoms with van der Waals surface area (Å²) in [6.45, 7) is 0.354. The van der Waals surface area contributed by atoms with Crippen LogP contribution in [0.4, 0.5) is 5.69 Å². The molecule has 0 unspecified atom stereocenters. The van der Waals surface area contributed by atoms with Crippen molar-refractivity contribution in [1.29, 1.82) is 5.26 Å². The number of nitrogens with zero attached hydrogens (tertiary/aromatic N) is 1. The van der Waals surface area contributed by atoms with Crippen LogP contribution in [0.2, 0.25) is 0 Å². The molecule has 0 aliphatic heterocycles. The van der Waals surface area contributed by atoms with E-state index in [0.29, 0.717) is 29.4 Å². The second-order valence-corrected chi connectivity index (χ2v) is 4.00. The molecule has 4 nitrogen and oxygen atoms in total. The predicted octanol–water partition coefficient (Wildman–Crippen LogP) is 2.73. The van der Waals surface area contributed by atoms with Crippen molar-refractivity contribution in [2.24, 2.45) is 0 Å². The molecule has 0 heterocycles. The lowest BCUT2D eigenvalue weighted by Crippen LogP contribution is -1.99. The van der Waals surface area contributed by atoms with Gasteiger partial charge in [0.1, 0.15) is 18.1 Å². The van der Waals surface area contributed by atoms with Gasteiger partial charge in [-0.15, -0.1) is 0 Å². The number of anilines is 1. The summed E-state index contributed by atoms with van der Waals surface area (Å²) in [5.74, 6) is 1.26. The van der Waals surface area contributed by atoms with Gasteiger partial charge in [-0.25, -0.2) is 0 Å². The average molecular weight is 254 g/mol. The van der Waals surface area contributed by atoms with E-state index in [1.165, 1.54) is 0 Å². The van der Waals surface area contributed by atoms with Crippen LogP contribution in [0.25, 0.3) is 0 Å². The third-order valence-corrected chi connectivity index (χ3v) is 2.67. The van der Waals surface area contributed by atoms with Crippen LogP contribution in [0.3, 0.4) is 0 Å². The number of nitrogens with two attached hydrogens (primary N) is 1. The summed E-state index contributed by atoms with van der Waals surface area (Å²) in [7, 11) is 1.59. The first kappa shape index (κ1) is 12.8. The Labute approximate surface area is 112 Å². The molecule has 0 aromatic heterocycles. The van der Waals surface area contributed by atoms with E-state index >= 15 is 0 Å². The van der Waals surface area contributed by atoms with Crippen molar-refractivity contribution in [2.75, 3.05) is 12.8 Å². The van der Waals surface area contributed by atoms with E-state index in [9.17, 15) is 0 Å². The van der Waals surface area contributed by atoms with Gasteiger partial charge in [-0.05, 0) is 29.8 Å². The van der Waals surface area contributed by atoms with Gasteiger partial charge in [-0.2, -0.15) is 5.26 Å². The molecule has 2 rings (SSSR count). The van der Waals surface area contributed by atoms with Gasteiger partial charge in [0.05, 0.1) is 24.4 Å². The Morgan fingerprint density at radius 3 is 2.79 bits per heavy atom. The van der Waals surface area contributed by atoms with Gasteiger partial charge in [0.25, 0.3) is 0 Å². The zero-order chi connectivity index (χ0) is 13.7. The van der Waals surface area contributed by atoms with Crippen LogP contribution in [0.1, 0.15) is 11.1 Å². The summed E-state index contributed by atoms with van der Waals surface area (Å²) < 4.78 is 10.8. The van der Waals surface area contributed by atoms with E-state index < -0.39 is 0 Å². The molecule has 0 bridgehead atoms. The Morgan fingerprint density at radius 1 is 1.21 bits per heavy atom. The maximum Gasteiger partial charge on any atom is 0.146 e. The predicted molar refractivity (Wildman–Crippen MR) is 72.9 cm³/mol. The van der Waals surface area contributed by atoms with Gasteiger partial charge >= 0.3 is 0 Å². The van der Waals surface area contributed by atoms with Crippen molar-refractivity contribution in [3.63, 3.8) is 0 Å². The van der Waals surface area contributed by atoms with E-state index in [1.54, 1.807) is 37.4 Å². The van der Waals surface area contributed by atoms with Crippen molar-refractivity contribution >= 4 is 5.69 Å². The van der Waals surface area contributed by atoms with Gasteiger partial charge in [0.2, 0.25) is 0 Å². The highest BCUT2D eigenvalue weighted by molar-refractivity contribution is 5.55. The summed E-state index contributed by atoms with van der Waals surface area (Å²) >= 11 is 0. The molecule has 2 aromatic rings. The average Bonchev–Trinajstić information content (AvgIpc) is 2.46. The van der Waals surface area contributed by atoms with Gasteiger partial charge < -0.3 is 15.2 Å². The number of hydrogen-bond donors (Lipinski definition) is 1. The molecule has 0 saturated carbocycles. The van der Waals surface area contributed by atoms with Crippen molar-refractivity contribution in [3.8, 4) is 17.6 Å². The number of nitriles is 1. The third-order valence-electron chi connectivity index (χ3n) is 2.67. The minimum absolute atomic E-state index is 0.354. The van der Waals surface area contributed by atoms with Gasteiger partial charge in [0.15, 0.2) is 0 Å². The monoisotopic (exact) mass is 254 g/mol. The molecule has 0 spiro atoms. The fourth-order valence-corrected chi connectivity index (χ4v) is 1.66. The van der Waals surface area contributed by atoms with Crippen LogP contribution >= 0.6 is 0 Å². The maximum absolute atomic E-state index is 8.83. The molecule has 4 heteroatoms. The second kappa shape index (κ2) is 5.78. The minimum atomic E-state index is 0.354. The lowest BCUT2D eigenvalue weighted by atomic mass is 10.1. The van der Waals surface area contributed by atoms with E-state index in [4.69, 9.17) is 20.5 Å². The van der Waals surface area contributed by atoms with Crippen LogP contribution < -0.4 is 15.2 Å². The summed E-state index contributed by atoms with van der Waals surface area (Å²) in [6.07, 6.45) is 0. The van der Waals surface area contributed by atoms with Crippen molar-refractivity contribution in [1.82, 2.24) is 0 Å². The summed E-state index contributed by atoms with van der Waals surface area (Å²) in [4.78, 5) is 0. The largest absolute Gasteiger partial charge is 0.497 e. The highest BCUT2D eigenvalue weighted by Gasteiger charge is 2.03. The quantitative estimate of drug-likeness (QED) is 0.852. The normalized spacial score (nSPS) is 9.68. The number of rotatable bonds is 4. The Balaban J connectivity index is 2.12.